The molecule has 0 saturated carbocycles. The van der Waals surface area contributed by atoms with Crippen LogP contribution < -0.4 is 19.5 Å². The highest BCUT2D eigenvalue weighted by atomic mass is 35.5. The maximum Gasteiger partial charge on any atom is 0.338 e. The summed E-state index contributed by atoms with van der Waals surface area (Å²) in [5.41, 5.74) is 2.36. The number of pyridine rings is 1. The Morgan fingerprint density at radius 1 is 0.961 bits per heavy atom. The monoisotopic (exact) mass is 737 g/mol. The number of hydrogen-bond acceptors (Lipinski definition) is 9. The van der Waals surface area contributed by atoms with Gasteiger partial charge in [-0.2, -0.15) is 4.73 Å². The summed E-state index contributed by atoms with van der Waals surface area (Å²) in [6.45, 7) is 2.88. The van der Waals surface area contributed by atoms with Crippen LogP contribution in [0.4, 0.5) is 4.39 Å². The molecule has 3 saturated heterocycles. The number of methoxy groups -OCH3 is 2. The van der Waals surface area contributed by atoms with Crippen molar-refractivity contribution < 1.29 is 37.7 Å². The summed E-state index contributed by atoms with van der Waals surface area (Å²) in [6, 6.07) is 16.9. The van der Waals surface area contributed by atoms with Gasteiger partial charge < -0.3 is 24.2 Å². The molecule has 4 aromatic rings. The lowest BCUT2D eigenvalue weighted by molar-refractivity contribution is -0.605. The third kappa shape index (κ3) is 8.73. The summed E-state index contributed by atoms with van der Waals surface area (Å²) >= 11 is 12.8. The number of aromatic nitrogens is 1. The molecule has 10 nitrogen and oxygen atoms in total. The van der Waals surface area contributed by atoms with Crippen LogP contribution in [0.25, 0.3) is 0 Å². The number of piperidine rings is 3. The highest BCUT2D eigenvalue weighted by Crippen LogP contribution is 2.36. The number of nitrogens with zero attached hydrogens (tertiary/aromatic N) is 2. The van der Waals surface area contributed by atoms with Gasteiger partial charge in [0.1, 0.15) is 34.1 Å². The summed E-state index contributed by atoms with van der Waals surface area (Å²) in [4.78, 5) is 29.6. The van der Waals surface area contributed by atoms with E-state index in [1.807, 2.05) is 0 Å². The molecule has 3 aromatic carbocycles. The maximum absolute atomic E-state index is 14.3. The molecule has 0 amide bonds. The third-order valence-electron chi connectivity index (χ3n) is 9.43. The number of ether oxygens (including phenoxy) is 4. The molecular formula is C38H38Cl2FN3O7. The van der Waals surface area contributed by atoms with Gasteiger partial charge in [-0.3, -0.25) is 10.2 Å². The van der Waals surface area contributed by atoms with Crippen molar-refractivity contribution in [3.63, 3.8) is 0 Å². The Labute approximate surface area is 305 Å². The number of carbonyl (C=O) groups is 2. The first-order valence-corrected chi connectivity index (χ1v) is 17.4. The molecule has 2 bridgehead atoms. The van der Waals surface area contributed by atoms with Crippen molar-refractivity contribution in [1.29, 1.82) is 0 Å². The summed E-state index contributed by atoms with van der Waals surface area (Å²) in [5, 5.41) is 15.4. The average Bonchev–Trinajstić information content (AvgIpc) is 3.13. The predicted molar refractivity (Wildman–Crippen MR) is 188 cm³/mol. The Hall–Kier alpha value is -4.42. The zero-order valence-electron chi connectivity index (χ0n) is 28.2. The van der Waals surface area contributed by atoms with Crippen LogP contribution in [0.5, 0.6) is 11.5 Å². The Kier molecular flexibility index (Phi) is 11.6. The topological polar surface area (TPSA) is 113 Å². The van der Waals surface area contributed by atoms with E-state index in [4.69, 9.17) is 42.1 Å². The average molecular weight is 739 g/mol. The lowest BCUT2D eigenvalue weighted by Crippen LogP contribution is -2.52. The Morgan fingerprint density at radius 2 is 1.69 bits per heavy atom. The van der Waals surface area contributed by atoms with Crippen LogP contribution in [0, 0.1) is 16.9 Å². The van der Waals surface area contributed by atoms with E-state index < -0.39 is 29.9 Å². The maximum atomic E-state index is 14.3. The molecule has 3 fully saturated rings. The molecule has 51 heavy (non-hydrogen) atoms. The molecule has 3 atom stereocenters. The number of nitrogens with one attached hydrogen (secondary N) is 1. The van der Waals surface area contributed by atoms with Crippen molar-refractivity contribution >= 4 is 35.1 Å². The van der Waals surface area contributed by atoms with Crippen molar-refractivity contribution in [2.45, 2.75) is 44.1 Å². The van der Waals surface area contributed by atoms with Gasteiger partial charge in [-0.15, -0.1) is 0 Å². The fourth-order valence-electron chi connectivity index (χ4n) is 6.70. The highest BCUT2D eigenvalue weighted by Gasteiger charge is 2.38. The molecular weight excluding hydrogens is 700 g/mol. The highest BCUT2D eigenvalue weighted by molar-refractivity contribution is 6.35. The molecule has 1 unspecified atom stereocenters. The minimum Gasteiger partial charge on any atom is -0.619 e. The first kappa shape index (κ1) is 36.4. The van der Waals surface area contributed by atoms with Crippen LogP contribution in [0.3, 0.4) is 0 Å². The number of halogens is 3. The number of rotatable bonds is 13. The molecule has 7 rings (SSSR count). The Bertz CT molecular complexity index is 1870. The lowest BCUT2D eigenvalue weighted by atomic mass is 9.86. The van der Waals surface area contributed by atoms with Crippen molar-refractivity contribution in [3.05, 3.63) is 128 Å². The summed E-state index contributed by atoms with van der Waals surface area (Å²) in [5.74, 6) is -0.357. The lowest BCUT2D eigenvalue weighted by Gasteiger charge is -2.44. The second-order valence-corrected chi connectivity index (χ2v) is 13.5. The summed E-state index contributed by atoms with van der Waals surface area (Å²) in [6.07, 6.45) is 3.27. The van der Waals surface area contributed by atoms with E-state index in [-0.39, 0.29) is 34.7 Å². The van der Waals surface area contributed by atoms with Crippen molar-refractivity contribution in [2.75, 3.05) is 33.9 Å². The zero-order chi connectivity index (χ0) is 36.1. The van der Waals surface area contributed by atoms with Gasteiger partial charge in [0.15, 0.2) is 23.9 Å². The van der Waals surface area contributed by atoms with Gasteiger partial charge in [0.2, 0.25) is 0 Å². The minimum atomic E-state index is -0.936. The fraction of sp³-hybridized carbons (Fsp3) is 0.342. The molecule has 1 N–H and O–H groups in total. The van der Waals surface area contributed by atoms with Crippen molar-refractivity contribution in [1.82, 2.24) is 10.2 Å². The van der Waals surface area contributed by atoms with Gasteiger partial charge >= 0.3 is 11.9 Å². The number of benzene rings is 3. The standard InChI is InChI=1S/C38H38Cl2FN3O7/c1-48-32-10-9-25(17-34(32)49-2)33(18-29-30(39)20-44(47)21-31(29)40)50-37(45)27-7-3-5-23(15-27)19-42-36(26-6-4-8-28(41)16-26)38(46)51-35-22-43-13-11-24(35)12-14-43/h3-10,15-17,20-21,24,33,35-36,42H,11-14,18-19,22H2,1-2H3/t33?,35-,36-/m0/s1. The zero-order valence-corrected chi connectivity index (χ0v) is 29.7. The van der Waals surface area contributed by atoms with E-state index in [2.05, 4.69) is 10.2 Å². The number of hydrogen-bond donors (Lipinski definition) is 1. The van der Waals surface area contributed by atoms with Crippen LogP contribution in [0.2, 0.25) is 10.0 Å². The second-order valence-electron chi connectivity index (χ2n) is 12.7. The van der Waals surface area contributed by atoms with Gasteiger partial charge in [0.05, 0.1) is 19.8 Å². The van der Waals surface area contributed by atoms with Gasteiger partial charge in [-0.05, 0) is 84.9 Å². The smallest absolute Gasteiger partial charge is 0.338 e. The van der Waals surface area contributed by atoms with E-state index >= 15 is 0 Å². The summed E-state index contributed by atoms with van der Waals surface area (Å²) < 4.78 is 37.8. The van der Waals surface area contributed by atoms with Crippen LogP contribution in [-0.4, -0.2) is 56.8 Å². The first-order valence-electron chi connectivity index (χ1n) is 16.6. The quantitative estimate of drug-likeness (QED) is 0.0948. The van der Waals surface area contributed by atoms with E-state index in [9.17, 15) is 19.2 Å². The molecule has 4 heterocycles. The van der Waals surface area contributed by atoms with Crippen LogP contribution in [0.1, 0.15) is 57.6 Å². The molecule has 3 aliphatic heterocycles. The molecule has 3 aliphatic rings. The van der Waals surface area contributed by atoms with Crippen LogP contribution in [0.15, 0.2) is 79.1 Å². The molecule has 1 aromatic heterocycles. The first-order chi connectivity index (χ1) is 24.6. The van der Waals surface area contributed by atoms with E-state index in [1.165, 1.54) is 38.7 Å². The second kappa shape index (κ2) is 16.3. The largest absolute Gasteiger partial charge is 0.619 e. The fourth-order valence-corrected chi connectivity index (χ4v) is 7.30. The van der Waals surface area contributed by atoms with E-state index in [0.29, 0.717) is 50.9 Å². The van der Waals surface area contributed by atoms with E-state index in [1.54, 1.807) is 54.6 Å². The summed E-state index contributed by atoms with van der Waals surface area (Å²) in [7, 11) is 3.01. The predicted octanol–water partition coefficient (Wildman–Crippen LogP) is 6.39. The SMILES string of the molecule is COc1ccc(C(Cc2c(Cl)c[n+]([O-])cc2Cl)OC(=O)c2cccc(CN[C@H](C(=O)O[C@H]3CN4CCC3CC4)c3cccc(F)c3)c2)cc1OC. The molecule has 13 heteroatoms. The molecule has 0 aliphatic carbocycles. The molecule has 0 spiro atoms. The third-order valence-corrected chi connectivity index (χ3v) is 10.1. The van der Waals surface area contributed by atoms with E-state index in [0.717, 1.165) is 25.9 Å². The minimum absolute atomic E-state index is 0.0536. The van der Waals surface area contributed by atoms with Gasteiger partial charge in [-0.1, -0.05) is 53.5 Å². The van der Waals surface area contributed by atoms with Crippen LogP contribution in [-0.2, 0) is 27.2 Å². The molecule has 0 radical (unpaired) electrons. The van der Waals surface area contributed by atoms with Gasteiger partial charge in [0.25, 0.3) is 0 Å². The Balaban J connectivity index is 1.21. The number of carbonyl (C=O) groups excluding carboxylic acids is 2. The van der Waals surface area contributed by atoms with Gasteiger partial charge in [0, 0.05) is 25.1 Å². The number of esters is 2. The Morgan fingerprint density at radius 3 is 2.35 bits per heavy atom. The van der Waals surface area contributed by atoms with Crippen molar-refractivity contribution in [2.24, 2.45) is 5.92 Å². The van der Waals surface area contributed by atoms with Crippen LogP contribution >= 0.6 is 23.2 Å². The van der Waals surface area contributed by atoms with Gasteiger partial charge in [-0.25, -0.2) is 14.0 Å². The van der Waals surface area contributed by atoms with Crippen molar-refractivity contribution in [3.8, 4) is 11.5 Å². The normalized spacial score (nSPS) is 19.2. The molecule has 268 valence electrons. The number of fused-ring (bicyclic) bond motifs is 3.